The predicted molar refractivity (Wildman–Crippen MR) is 170 cm³/mol. The molecule has 0 bridgehead atoms. The molecule has 9 nitrogen and oxygen atoms in total. The Morgan fingerprint density at radius 2 is 1.07 bits per heavy atom. The first-order chi connectivity index (χ1) is 20.2. The minimum atomic E-state index is -1.01. The summed E-state index contributed by atoms with van der Waals surface area (Å²) in [6, 6.07) is 0. The lowest BCUT2D eigenvalue weighted by atomic mass is 9.89. The van der Waals surface area contributed by atoms with Crippen molar-refractivity contribution in [3.05, 3.63) is 0 Å². The minimum absolute atomic E-state index is 0.250. The second-order valence-electron chi connectivity index (χ2n) is 13.3. The van der Waals surface area contributed by atoms with Crippen molar-refractivity contribution >= 4 is 18.3 Å². The molecule has 0 heterocycles. The quantitative estimate of drug-likeness (QED) is 0.0537. The average Bonchev–Trinajstić information content (AvgIpc) is 2.94. The van der Waals surface area contributed by atoms with Gasteiger partial charge in [-0.1, -0.05) is 113 Å². The van der Waals surface area contributed by atoms with Crippen LogP contribution in [0.4, 0.5) is 9.59 Å². The fourth-order valence-corrected chi connectivity index (χ4v) is 4.23. The molecule has 2 atom stereocenters. The normalized spacial score (nSPS) is 12.8. The van der Waals surface area contributed by atoms with Gasteiger partial charge in [0.05, 0.1) is 13.2 Å². The first kappa shape index (κ1) is 43.1. The molecule has 0 spiro atoms. The van der Waals surface area contributed by atoms with E-state index in [9.17, 15) is 14.4 Å². The van der Waals surface area contributed by atoms with E-state index >= 15 is 0 Å². The van der Waals surface area contributed by atoms with Crippen LogP contribution in [0.3, 0.4) is 0 Å². The van der Waals surface area contributed by atoms with Crippen LogP contribution in [0.1, 0.15) is 166 Å². The molecule has 43 heavy (non-hydrogen) atoms. The van der Waals surface area contributed by atoms with E-state index in [1.807, 2.05) is 27.7 Å². The Hall–Kier alpha value is -2.03. The molecule has 0 saturated carbocycles. The molecular formula is C34H66O9. The van der Waals surface area contributed by atoms with Gasteiger partial charge in [-0.3, -0.25) is 4.89 Å². The summed E-state index contributed by atoms with van der Waals surface area (Å²) in [5.41, 5.74) is 0.00441. The van der Waals surface area contributed by atoms with Gasteiger partial charge in [0.1, 0.15) is 5.60 Å². The molecule has 256 valence electrons. The molecule has 0 aromatic heterocycles. The van der Waals surface area contributed by atoms with Crippen molar-refractivity contribution in [2.75, 3.05) is 13.2 Å². The maximum atomic E-state index is 11.5. The highest BCUT2D eigenvalue weighted by atomic mass is 17.3. The zero-order chi connectivity index (χ0) is 33.2. The topological polar surface area (TPSA) is 107 Å². The number of carbonyl (C=O) groups is 3. The summed E-state index contributed by atoms with van der Waals surface area (Å²) in [7, 11) is 0. The van der Waals surface area contributed by atoms with E-state index in [0.717, 1.165) is 77.0 Å². The van der Waals surface area contributed by atoms with Crippen molar-refractivity contribution in [2.24, 2.45) is 17.3 Å². The van der Waals surface area contributed by atoms with Gasteiger partial charge < -0.3 is 9.47 Å². The molecule has 0 rings (SSSR count). The first-order valence-corrected chi connectivity index (χ1v) is 16.8. The summed E-state index contributed by atoms with van der Waals surface area (Å²) in [4.78, 5) is 53.0. The van der Waals surface area contributed by atoms with Crippen molar-refractivity contribution in [2.45, 2.75) is 171 Å². The molecule has 2 unspecified atom stereocenters. The number of hydrogen-bond acceptors (Lipinski definition) is 9. The zero-order valence-electron chi connectivity index (χ0n) is 29.3. The average molecular weight is 619 g/mol. The van der Waals surface area contributed by atoms with Crippen LogP contribution in [0.15, 0.2) is 0 Å². The molecule has 0 aliphatic rings. The molecule has 0 saturated heterocycles. The summed E-state index contributed by atoms with van der Waals surface area (Å²) in [6.45, 7) is 21.5. The fourth-order valence-electron chi connectivity index (χ4n) is 4.23. The van der Waals surface area contributed by atoms with Gasteiger partial charge in [0.15, 0.2) is 0 Å². The smallest absolute Gasteiger partial charge is 0.431 e. The second-order valence-corrected chi connectivity index (χ2v) is 13.3. The Bertz CT molecular complexity index is 668. The standard InChI is InChI=1S/C18H34O6.C16H32O3/c1-5-9-11-15(7-3)13-21-17(19)23-24-18(20)22-14-16(8-4)12-10-6-2;1-7-12-16(5,6)19-18-14(17)11-9-8-10-13-15(2,3)4/h15-16H,5-14H2,1-4H3;7-13H2,1-6H3. The molecule has 0 aliphatic heterocycles. The number of ether oxygens (including phenoxy) is 2. The molecule has 0 fully saturated rings. The predicted octanol–water partition coefficient (Wildman–Crippen LogP) is 10.7. The maximum Gasteiger partial charge on any atom is 0.550 e. The third-order valence-electron chi connectivity index (χ3n) is 7.16. The van der Waals surface area contributed by atoms with Crippen molar-refractivity contribution in [3.63, 3.8) is 0 Å². The number of rotatable bonds is 21. The molecule has 9 heteroatoms. The van der Waals surface area contributed by atoms with Crippen LogP contribution in [-0.4, -0.2) is 37.1 Å². The van der Waals surface area contributed by atoms with Crippen molar-refractivity contribution < 1.29 is 43.4 Å². The third-order valence-corrected chi connectivity index (χ3v) is 7.16. The van der Waals surface area contributed by atoms with Crippen LogP contribution >= 0.6 is 0 Å². The Balaban J connectivity index is 0. The van der Waals surface area contributed by atoms with Crippen LogP contribution in [0.25, 0.3) is 0 Å². The van der Waals surface area contributed by atoms with E-state index in [-0.39, 0.29) is 24.8 Å². The Kier molecular flexibility index (Phi) is 26.4. The van der Waals surface area contributed by atoms with Gasteiger partial charge in [-0.2, -0.15) is 24.3 Å². The van der Waals surface area contributed by atoms with Crippen LogP contribution in [0.2, 0.25) is 0 Å². The van der Waals surface area contributed by atoms with Gasteiger partial charge in [0.2, 0.25) is 0 Å². The lowest BCUT2D eigenvalue weighted by molar-refractivity contribution is -0.326. The van der Waals surface area contributed by atoms with Crippen molar-refractivity contribution in [1.82, 2.24) is 0 Å². The highest BCUT2D eigenvalue weighted by Gasteiger charge is 2.21. The number of carbonyl (C=O) groups excluding carboxylic acids is 3. The lowest BCUT2D eigenvalue weighted by Gasteiger charge is -2.21. The third kappa shape index (κ3) is 29.8. The van der Waals surface area contributed by atoms with Gasteiger partial charge in [-0.25, -0.2) is 4.79 Å². The SMILES string of the molecule is CCCC(C)(C)OOC(=O)CCCCCC(C)(C)C.CCCCC(CC)COC(=O)OOC(=O)OCC(CC)CCCC. The largest absolute Gasteiger partial charge is 0.550 e. The molecule has 0 aliphatic carbocycles. The van der Waals surface area contributed by atoms with Crippen LogP contribution in [0.5, 0.6) is 0 Å². The van der Waals surface area contributed by atoms with E-state index in [2.05, 4.69) is 51.3 Å². The van der Waals surface area contributed by atoms with Crippen LogP contribution in [0, 0.1) is 17.3 Å². The molecule has 0 aromatic carbocycles. The molecule has 0 amide bonds. The van der Waals surface area contributed by atoms with Crippen LogP contribution < -0.4 is 0 Å². The van der Waals surface area contributed by atoms with E-state index in [1.165, 1.54) is 12.8 Å². The van der Waals surface area contributed by atoms with E-state index in [1.54, 1.807) is 0 Å². The molecule has 0 N–H and O–H groups in total. The highest BCUT2D eigenvalue weighted by molar-refractivity contribution is 5.68. The van der Waals surface area contributed by atoms with E-state index < -0.39 is 12.3 Å². The fraction of sp³-hybridized carbons (Fsp3) is 0.912. The van der Waals surface area contributed by atoms with Crippen molar-refractivity contribution in [3.8, 4) is 0 Å². The summed E-state index contributed by atoms with van der Waals surface area (Å²) >= 11 is 0. The Morgan fingerprint density at radius 1 is 0.581 bits per heavy atom. The Labute approximate surface area is 263 Å². The van der Waals surface area contributed by atoms with Crippen LogP contribution in [-0.2, 0) is 33.8 Å². The second kappa shape index (κ2) is 26.4. The van der Waals surface area contributed by atoms with Gasteiger partial charge in [0, 0.05) is 6.42 Å². The molecule has 0 aromatic rings. The monoisotopic (exact) mass is 618 g/mol. The number of unbranched alkanes of at least 4 members (excludes halogenated alkanes) is 4. The van der Waals surface area contributed by atoms with E-state index in [4.69, 9.17) is 19.2 Å². The van der Waals surface area contributed by atoms with Gasteiger partial charge >= 0.3 is 18.3 Å². The summed E-state index contributed by atoms with van der Waals surface area (Å²) in [5, 5.41) is 0. The Morgan fingerprint density at radius 3 is 1.47 bits per heavy atom. The lowest BCUT2D eigenvalue weighted by Crippen LogP contribution is -2.25. The summed E-state index contributed by atoms with van der Waals surface area (Å²) in [5.74, 6) is 0.349. The summed E-state index contributed by atoms with van der Waals surface area (Å²) in [6.07, 6.45) is 12.9. The van der Waals surface area contributed by atoms with E-state index in [0.29, 0.717) is 23.7 Å². The summed E-state index contributed by atoms with van der Waals surface area (Å²) < 4.78 is 9.90. The van der Waals surface area contributed by atoms with Crippen molar-refractivity contribution in [1.29, 1.82) is 0 Å². The molecular weight excluding hydrogens is 552 g/mol. The zero-order valence-corrected chi connectivity index (χ0v) is 29.3. The maximum absolute atomic E-state index is 11.5. The molecule has 0 radical (unpaired) electrons. The van der Waals surface area contributed by atoms with Gasteiger partial charge in [0.25, 0.3) is 0 Å². The highest BCUT2D eigenvalue weighted by Crippen LogP contribution is 2.23. The first-order valence-electron chi connectivity index (χ1n) is 16.8. The van der Waals surface area contributed by atoms with Gasteiger partial charge in [-0.15, -0.1) is 0 Å². The van der Waals surface area contributed by atoms with Gasteiger partial charge in [-0.05, 0) is 63.2 Å². The minimum Gasteiger partial charge on any atom is -0.431 e. The number of hydrogen-bond donors (Lipinski definition) is 0.